The second-order valence-electron chi connectivity index (χ2n) is 7.85. The third kappa shape index (κ3) is 6.48. The molecule has 0 atom stereocenters. The van der Waals surface area contributed by atoms with E-state index in [1.54, 1.807) is 12.1 Å². The topological polar surface area (TPSA) is 49.9 Å². The van der Waals surface area contributed by atoms with Gasteiger partial charge in [-0.25, -0.2) is 0 Å². The number of nitrogens with zero attached hydrogens (tertiary/aromatic N) is 2. The molecule has 1 aliphatic rings. The zero-order valence-corrected chi connectivity index (χ0v) is 18.0. The number of carbonyl (C=O) groups is 2. The first-order valence-corrected chi connectivity index (χ1v) is 10.8. The molecule has 8 heteroatoms. The van der Waals surface area contributed by atoms with Crippen LogP contribution in [0.15, 0.2) is 54.6 Å². The Labute approximate surface area is 185 Å². The Morgan fingerprint density at radius 2 is 1.66 bits per heavy atom. The average Bonchev–Trinajstić information content (AvgIpc) is 2.78. The third-order valence-electron chi connectivity index (χ3n) is 5.51. The van der Waals surface area contributed by atoms with Crippen LogP contribution in [0.5, 0.6) is 5.75 Å². The van der Waals surface area contributed by atoms with Gasteiger partial charge in [0.05, 0.1) is 6.42 Å². The van der Waals surface area contributed by atoms with E-state index in [2.05, 4.69) is 4.74 Å². The third-order valence-corrected chi connectivity index (χ3v) is 5.51. The lowest BCUT2D eigenvalue weighted by Gasteiger charge is -2.38. The van der Waals surface area contributed by atoms with Crippen LogP contribution in [0.4, 0.5) is 13.2 Å². The Kier molecular flexibility index (Phi) is 7.77. The van der Waals surface area contributed by atoms with Gasteiger partial charge in [0, 0.05) is 31.2 Å². The molecule has 1 aliphatic heterocycles. The molecule has 2 aromatic rings. The highest BCUT2D eigenvalue weighted by Crippen LogP contribution is 2.24. The fraction of sp³-hybridized carbons (Fsp3) is 0.417. The van der Waals surface area contributed by atoms with Gasteiger partial charge < -0.3 is 14.5 Å². The molecule has 1 saturated heterocycles. The van der Waals surface area contributed by atoms with Crippen LogP contribution in [0.25, 0.3) is 0 Å². The first-order chi connectivity index (χ1) is 15.3. The van der Waals surface area contributed by atoms with E-state index in [4.69, 9.17) is 0 Å². The van der Waals surface area contributed by atoms with E-state index in [1.807, 2.05) is 34.9 Å². The van der Waals surface area contributed by atoms with Crippen LogP contribution in [-0.2, 0) is 11.2 Å². The van der Waals surface area contributed by atoms with Gasteiger partial charge in [0.2, 0.25) is 5.91 Å². The molecule has 0 saturated carbocycles. The molecule has 3 rings (SSSR count). The molecule has 172 valence electrons. The summed E-state index contributed by atoms with van der Waals surface area (Å²) < 4.78 is 40.8. The Morgan fingerprint density at radius 3 is 2.22 bits per heavy atom. The Morgan fingerprint density at radius 1 is 1.03 bits per heavy atom. The van der Waals surface area contributed by atoms with E-state index in [9.17, 15) is 22.8 Å². The summed E-state index contributed by atoms with van der Waals surface area (Å²) in [5.41, 5.74) is 1.28. The van der Waals surface area contributed by atoms with E-state index in [0.717, 1.165) is 6.42 Å². The summed E-state index contributed by atoms with van der Waals surface area (Å²) in [6, 6.07) is 14.6. The zero-order chi connectivity index (χ0) is 23.1. The van der Waals surface area contributed by atoms with Crippen LogP contribution in [0.2, 0.25) is 0 Å². The van der Waals surface area contributed by atoms with Crippen molar-refractivity contribution in [1.29, 1.82) is 0 Å². The summed E-state index contributed by atoms with van der Waals surface area (Å²) in [5, 5.41) is 0. The van der Waals surface area contributed by atoms with E-state index in [-0.39, 0.29) is 30.0 Å². The van der Waals surface area contributed by atoms with Gasteiger partial charge in [-0.2, -0.15) is 0 Å². The molecule has 0 bridgehead atoms. The molecule has 1 heterocycles. The Hall–Kier alpha value is -3.03. The summed E-state index contributed by atoms with van der Waals surface area (Å²) in [7, 11) is 0. The van der Waals surface area contributed by atoms with Gasteiger partial charge in [-0.1, -0.05) is 37.3 Å². The molecule has 0 aromatic heterocycles. The predicted molar refractivity (Wildman–Crippen MR) is 114 cm³/mol. The average molecular weight is 448 g/mol. The van der Waals surface area contributed by atoms with E-state index in [0.29, 0.717) is 43.6 Å². The number of rotatable bonds is 7. The van der Waals surface area contributed by atoms with Gasteiger partial charge in [0.1, 0.15) is 5.75 Å². The smallest absolute Gasteiger partial charge is 0.406 e. The van der Waals surface area contributed by atoms with E-state index < -0.39 is 6.36 Å². The molecule has 0 aliphatic carbocycles. The molecule has 0 unspecified atom stereocenters. The largest absolute Gasteiger partial charge is 0.573 e. The van der Waals surface area contributed by atoms with Crippen LogP contribution < -0.4 is 4.74 Å². The molecular weight excluding hydrogens is 421 g/mol. The van der Waals surface area contributed by atoms with Gasteiger partial charge in [-0.3, -0.25) is 9.59 Å². The number of likely N-dealkylation sites (tertiary alicyclic amines) is 1. The van der Waals surface area contributed by atoms with Gasteiger partial charge >= 0.3 is 6.36 Å². The lowest BCUT2D eigenvalue weighted by atomic mass is 10.0. The second-order valence-corrected chi connectivity index (χ2v) is 7.85. The monoisotopic (exact) mass is 448 g/mol. The number of hydrogen-bond acceptors (Lipinski definition) is 3. The van der Waals surface area contributed by atoms with E-state index in [1.165, 1.54) is 24.3 Å². The molecule has 32 heavy (non-hydrogen) atoms. The van der Waals surface area contributed by atoms with Crippen molar-refractivity contribution in [3.05, 3.63) is 65.7 Å². The molecule has 2 amide bonds. The van der Waals surface area contributed by atoms with Crippen LogP contribution in [0.3, 0.4) is 0 Å². The van der Waals surface area contributed by atoms with Crippen LogP contribution in [0, 0.1) is 0 Å². The predicted octanol–water partition coefficient (Wildman–Crippen LogP) is 4.67. The molecule has 1 fully saturated rings. The fourth-order valence-corrected chi connectivity index (χ4v) is 3.98. The first-order valence-electron chi connectivity index (χ1n) is 10.8. The first kappa shape index (κ1) is 23.6. The minimum Gasteiger partial charge on any atom is -0.406 e. The quantitative estimate of drug-likeness (QED) is 0.619. The summed E-state index contributed by atoms with van der Waals surface area (Å²) in [4.78, 5) is 29.3. The van der Waals surface area contributed by atoms with Crippen molar-refractivity contribution in [2.75, 3.05) is 19.6 Å². The summed E-state index contributed by atoms with van der Waals surface area (Å²) in [6.07, 6.45) is -2.44. The number of alkyl halides is 3. The SMILES string of the molecule is CCCN(C(=O)Cc1ccc(OC(F)(F)F)cc1)C1CCN(C(=O)c2ccccc2)CC1. The van der Waals surface area contributed by atoms with Crippen molar-refractivity contribution in [3.8, 4) is 5.75 Å². The number of carbonyl (C=O) groups excluding carboxylic acids is 2. The van der Waals surface area contributed by atoms with Crippen molar-refractivity contribution in [1.82, 2.24) is 9.80 Å². The van der Waals surface area contributed by atoms with Crippen LogP contribution >= 0.6 is 0 Å². The minimum atomic E-state index is -4.74. The minimum absolute atomic E-state index is 0.00131. The molecular formula is C24H27F3N2O3. The summed E-state index contributed by atoms with van der Waals surface area (Å²) in [5.74, 6) is -0.377. The van der Waals surface area contributed by atoms with Gasteiger partial charge in [-0.15, -0.1) is 13.2 Å². The molecule has 0 N–H and O–H groups in total. The zero-order valence-electron chi connectivity index (χ0n) is 18.0. The number of benzene rings is 2. The van der Waals surface area contributed by atoms with Crippen LogP contribution in [-0.4, -0.2) is 53.7 Å². The lowest BCUT2D eigenvalue weighted by Crippen LogP contribution is -2.49. The van der Waals surface area contributed by atoms with Crippen molar-refractivity contribution in [2.24, 2.45) is 0 Å². The highest BCUT2D eigenvalue weighted by atomic mass is 19.4. The highest BCUT2D eigenvalue weighted by molar-refractivity contribution is 5.94. The maximum atomic E-state index is 13.0. The number of halogens is 3. The maximum Gasteiger partial charge on any atom is 0.573 e. The summed E-state index contributed by atoms with van der Waals surface area (Å²) >= 11 is 0. The lowest BCUT2D eigenvalue weighted by molar-refractivity contribution is -0.274. The second kappa shape index (κ2) is 10.5. The van der Waals surface area contributed by atoms with Crippen molar-refractivity contribution < 1.29 is 27.5 Å². The Bertz CT molecular complexity index is 893. The number of piperidine rings is 1. The normalized spacial score (nSPS) is 14.8. The number of ether oxygens (including phenoxy) is 1. The molecule has 2 aromatic carbocycles. The van der Waals surface area contributed by atoms with Gasteiger partial charge in [-0.05, 0) is 49.1 Å². The van der Waals surface area contributed by atoms with Crippen molar-refractivity contribution in [3.63, 3.8) is 0 Å². The number of hydrogen-bond donors (Lipinski definition) is 0. The maximum absolute atomic E-state index is 13.0. The van der Waals surface area contributed by atoms with Crippen molar-refractivity contribution in [2.45, 2.75) is 45.0 Å². The summed E-state index contributed by atoms with van der Waals surface area (Å²) in [6.45, 7) is 3.76. The molecule has 5 nitrogen and oxygen atoms in total. The fourth-order valence-electron chi connectivity index (χ4n) is 3.98. The van der Waals surface area contributed by atoms with Crippen molar-refractivity contribution >= 4 is 11.8 Å². The molecule has 0 radical (unpaired) electrons. The number of amides is 2. The van der Waals surface area contributed by atoms with E-state index >= 15 is 0 Å². The highest BCUT2D eigenvalue weighted by Gasteiger charge is 2.31. The van der Waals surface area contributed by atoms with Crippen LogP contribution in [0.1, 0.15) is 42.1 Å². The van der Waals surface area contributed by atoms with Gasteiger partial charge in [0.15, 0.2) is 0 Å². The standard InChI is InChI=1S/C24H27F3N2O3/c1-2-14-29(22(30)17-18-8-10-21(11-9-18)32-24(25,26)27)20-12-15-28(16-13-20)23(31)19-6-4-3-5-7-19/h3-11,20H,2,12-17H2,1H3. The molecule has 0 spiro atoms. The van der Waals surface area contributed by atoms with Gasteiger partial charge in [0.25, 0.3) is 5.91 Å². The Balaban J connectivity index is 1.58.